The third kappa shape index (κ3) is 4.55. The average molecular weight is 317 g/mol. The fourth-order valence-corrected chi connectivity index (χ4v) is 3.18. The van der Waals surface area contributed by atoms with Crippen LogP contribution in [0.3, 0.4) is 0 Å². The van der Waals surface area contributed by atoms with Gasteiger partial charge < -0.3 is 10.6 Å². The Kier molecular flexibility index (Phi) is 6.19. The predicted octanol–water partition coefficient (Wildman–Crippen LogP) is 3.17. The number of benzene rings is 1. The number of para-hydroxylation sites is 1. The van der Waals surface area contributed by atoms with Crippen LogP contribution in [0.5, 0.6) is 0 Å². The molecule has 0 saturated carbocycles. The van der Waals surface area contributed by atoms with E-state index in [0.29, 0.717) is 24.4 Å². The minimum Gasteiger partial charge on any atom is -0.324 e. The third-order valence-corrected chi connectivity index (χ3v) is 4.62. The van der Waals surface area contributed by atoms with E-state index < -0.39 is 0 Å². The zero-order chi connectivity index (χ0) is 17.0. The molecule has 1 aromatic rings. The Hall–Kier alpha value is -1.39. The number of rotatable bonds is 5. The van der Waals surface area contributed by atoms with Gasteiger partial charge in [0.15, 0.2) is 0 Å². The second-order valence-corrected chi connectivity index (χ2v) is 7.19. The molecule has 1 atom stereocenters. The van der Waals surface area contributed by atoms with Gasteiger partial charge in [0.05, 0.1) is 6.54 Å². The Morgan fingerprint density at radius 3 is 2.39 bits per heavy atom. The lowest BCUT2D eigenvalue weighted by molar-refractivity contribution is -0.118. The van der Waals surface area contributed by atoms with Gasteiger partial charge in [0, 0.05) is 31.4 Å². The topological polar surface area (TPSA) is 44.4 Å². The summed E-state index contributed by atoms with van der Waals surface area (Å²) >= 11 is 0. The van der Waals surface area contributed by atoms with Crippen molar-refractivity contribution in [3.63, 3.8) is 0 Å². The first kappa shape index (κ1) is 18.0. The average Bonchev–Trinajstić information content (AvgIpc) is 2.49. The van der Waals surface area contributed by atoms with Crippen LogP contribution in [0.25, 0.3) is 0 Å². The van der Waals surface area contributed by atoms with Crippen molar-refractivity contribution in [1.29, 1.82) is 0 Å². The van der Waals surface area contributed by atoms with E-state index in [1.54, 1.807) is 0 Å². The Labute approximate surface area is 140 Å². The molecule has 1 heterocycles. The van der Waals surface area contributed by atoms with Crippen molar-refractivity contribution in [2.75, 3.05) is 31.5 Å². The second-order valence-electron chi connectivity index (χ2n) is 7.19. The maximum Gasteiger partial charge on any atom is 0.238 e. The molecule has 23 heavy (non-hydrogen) atoms. The molecular weight excluding hydrogens is 286 g/mol. The first-order valence-electron chi connectivity index (χ1n) is 8.77. The van der Waals surface area contributed by atoms with E-state index in [2.05, 4.69) is 68.4 Å². The number of nitrogens with one attached hydrogen (secondary N) is 2. The summed E-state index contributed by atoms with van der Waals surface area (Å²) in [4.78, 5) is 14.9. The minimum atomic E-state index is 0.0914. The molecule has 0 aliphatic carbocycles. The summed E-state index contributed by atoms with van der Waals surface area (Å²) < 4.78 is 0. The van der Waals surface area contributed by atoms with Crippen molar-refractivity contribution in [3.8, 4) is 0 Å². The maximum atomic E-state index is 12.6. The smallest absolute Gasteiger partial charge is 0.238 e. The summed E-state index contributed by atoms with van der Waals surface area (Å²) in [7, 11) is 0. The number of carbonyl (C=O) groups excluding carboxylic acids is 1. The van der Waals surface area contributed by atoms with E-state index in [4.69, 9.17) is 0 Å². The van der Waals surface area contributed by atoms with E-state index in [-0.39, 0.29) is 5.91 Å². The molecule has 4 heteroatoms. The van der Waals surface area contributed by atoms with Gasteiger partial charge in [-0.2, -0.15) is 0 Å². The van der Waals surface area contributed by atoms with Gasteiger partial charge in [-0.3, -0.25) is 9.69 Å². The van der Waals surface area contributed by atoms with Crippen molar-refractivity contribution >= 4 is 11.6 Å². The molecule has 0 bridgehead atoms. The first-order chi connectivity index (χ1) is 10.9. The summed E-state index contributed by atoms with van der Waals surface area (Å²) in [5.74, 6) is 0.873. The molecule has 0 unspecified atom stereocenters. The molecule has 0 radical (unpaired) electrons. The Balaban J connectivity index is 2.16. The van der Waals surface area contributed by atoms with Gasteiger partial charge in [-0.25, -0.2) is 0 Å². The minimum absolute atomic E-state index is 0.0914. The molecule has 1 aliphatic heterocycles. The monoisotopic (exact) mass is 317 g/mol. The second kappa shape index (κ2) is 7.93. The fourth-order valence-electron chi connectivity index (χ4n) is 3.18. The van der Waals surface area contributed by atoms with Crippen molar-refractivity contribution in [2.24, 2.45) is 0 Å². The van der Waals surface area contributed by atoms with Crippen LogP contribution in [0, 0.1) is 0 Å². The highest BCUT2D eigenvalue weighted by Crippen LogP contribution is 2.32. The van der Waals surface area contributed by atoms with Crippen LogP contribution in [0.1, 0.15) is 57.6 Å². The molecule has 1 saturated heterocycles. The Morgan fingerprint density at radius 2 is 1.87 bits per heavy atom. The van der Waals surface area contributed by atoms with Crippen molar-refractivity contribution in [1.82, 2.24) is 10.2 Å². The number of hydrogen-bond acceptors (Lipinski definition) is 3. The molecule has 1 amide bonds. The molecule has 1 aliphatic rings. The largest absolute Gasteiger partial charge is 0.324 e. The van der Waals surface area contributed by atoms with Gasteiger partial charge in [0.25, 0.3) is 0 Å². The van der Waals surface area contributed by atoms with Gasteiger partial charge in [0.2, 0.25) is 5.91 Å². The molecule has 1 fully saturated rings. The number of carbonyl (C=O) groups is 1. The number of anilines is 1. The molecule has 2 N–H and O–H groups in total. The molecule has 4 nitrogen and oxygen atoms in total. The maximum absolute atomic E-state index is 12.6. The summed E-state index contributed by atoms with van der Waals surface area (Å²) in [6.45, 7) is 14.2. The van der Waals surface area contributed by atoms with Crippen LogP contribution in [0.4, 0.5) is 5.69 Å². The summed E-state index contributed by atoms with van der Waals surface area (Å²) in [5, 5.41) is 6.57. The van der Waals surface area contributed by atoms with Crippen LogP contribution < -0.4 is 10.6 Å². The van der Waals surface area contributed by atoms with Crippen molar-refractivity contribution in [3.05, 3.63) is 29.3 Å². The van der Waals surface area contributed by atoms with Crippen molar-refractivity contribution in [2.45, 2.75) is 52.5 Å². The van der Waals surface area contributed by atoms with Crippen LogP contribution >= 0.6 is 0 Å². The van der Waals surface area contributed by atoms with Gasteiger partial charge in [-0.1, -0.05) is 45.9 Å². The normalized spacial score (nSPS) is 19.3. The van der Waals surface area contributed by atoms with Crippen molar-refractivity contribution < 1.29 is 4.79 Å². The lowest BCUT2D eigenvalue weighted by Crippen LogP contribution is -2.52. The van der Waals surface area contributed by atoms with Gasteiger partial charge in [-0.05, 0) is 29.9 Å². The van der Waals surface area contributed by atoms with Gasteiger partial charge in [-0.15, -0.1) is 0 Å². The van der Waals surface area contributed by atoms with Crippen LogP contribution in [0.15, 0.2) is 18.2 Å². The van der Waals surface area contributed by atoms with E-state index in [9.17, 15) is 4.79 Å². The quantitative estimate of drug-likeness (QED) is 0.877. The summed E-state index contributed by atoms with van der Waals surface area (Å²) in [6.07, 6.45) is 0. The zero-order valence-electron chi connectivity index (χ0n) is 15.1. The van der Waals surface area contributed by atoms with E-state index >= 15 is 0 Å². The number of amides is 1. The molecule has 0 spiro atoms. The number of piperazine rings is 1. The first-order valence-corrected chi connectivity index (χ1v) is 8.77. The molecule has 0 aromatic heterocycles. The lowest BCUT2D eigenvalue weighted by atomic mass is 9.92. The number of hydrogen-bond donors (Lipinski definition) is 2. The SMILES string of the molecule is CC(C)c1cccc(C(C)C)c1NC(=O)CN1CCNC[C@H]1C. The summed E-state index contributed by atoms with van der Waals surface area (Å²) in [5.41, 5.74) is 3.46. The standard InChI is InChI=1S/C19H31N3O/c1-13(2)16-7-6-8-17(14(3)4)19(16)21-18(23)12-22-10-9-20-11-15(22)5/h6-8,13-15,20H,9-12H2,1-5H3,(H,21,23)/t15-/m1/s1. The lowest BCUT2D eigenvalue weighted by Gasteiger charge is -2.33. The Bertz CT molecular complexity index is 513. The highest BCUT2D eigenvalue weighted by Gasteiger charge is 2.22. The molecular formula is C19H31N3O. The Morgan fingerprint density at radius 1 is 1.26 bits per heavy atom. The zero-order valence-corrected chi connectivity index (χ0v) is 15.1. The number of nitrogens with zero attached hydrogens (tertiary/aromatic N) is 1. The predicted molar refractivity (Wildman–Crippen MR) is 97.2 cm³/mol. The van der Waals surface area contributed by atoms with Gasteiger partial charge in [0.1, 0.15) is 0 Å². The summed E-state index contributed by atoms with van der Waals surface area (Å²) in [6, 6.07) is 6.75. The molecule has 128 valence electrons. The highest BCUT2D eigenvalue weighted by molar-refractivity contribution is 5.94. The van der Waals surface area contributed by atoms with Crippen LogP contribution in [-0.4, -0.2) is 43.0 Å². The fraction of sp³-hybridized carbons (Fsp3) is 0.632. The highest BCUT2D eigenvalue weighted by atomic mass is 16.2. The van der Waals surface area contributed by atoms with Crippen LogP contribution in [0.2, 0.25) is 0 Å². The van der Waals surface area contributed by atoms with E-state index in [1.807, 2.05) is 0 Å². The van der Waals surface area contributed by atoms with Gasteiger partial charge >= 0.3 is 0 Å². The van der Waals surface area contributed by atoms with E-state index in [1.165, 1.54) is 11.1 Å². The van der Waals surface area contributed by atoms with Crippen LogP contribution in [-0.2, 0) is 4.79 Å². The van der Waals surface area contributed by atoms with E-state index in [0.717, 1.165) is 25.3 Å². The molecule has 1 aromatic carbocycles. The molecule has 2 rings (SSSR count). The third-order valence-electron chi connectivity index (χ3n) is 4.62.